The van der Waals surface area contributed by atoms with Gasteiger partial charge in [0.1, 0.15) is 0 Å². The molecule has 2 heterocycles. The molecule has 0 fully saturated rings. The van der Waals surface area contributed by atoms with Gasteiger partial charge in [0.2, 0.25) is 0 Å². The van der Waals surface area contributed by atoms with Crippen molar-refractivity contribution in [1.29, 1.82) is 0 Å². The molecule has 0 saturated heterocycles. The zero-order valence-electron chi connectivity index (χ0n) is 10.0. The van der Waals surface area contributed by atoms with Gasteiger partial charge in [0.25, 0.3) is 0 Å². The van der Waals surface area contributed by atoms with Gasteiger partial charge in [-0.1, -0.05) is 0 Å². The van der Waals surface area contributed by atoms with E-state index in [1.807, 2.05) is 5.38 Å². The quantitative estimate of drug-likeness (QED) is 0.809. The number of thiophene rings is 1. The molecule has 0 aliphatic rings. The van der Waals surface area contributed by atoms with Crippen molar-refractivity contribution >= 4 is 11.3 Å². The van der Waals surface area contributed by atoms with E-state index in [1.165, 1.54) is 4.88 Å². The molecule has 5 heteroatoms. The Kier molecular flexibility index (Phi) is 4.87. The first kappa shape index (κ1) is 13.2. The summed E-state index contributed by atoms with van der Waals surface area (Å²) in [6.07, 6.45) is 5.73. The number of rotatable bonds is 7. The minimum atomic E-state index is -0.561. The maximum absolute atomic E-state index is 12.4. The number of halogens is 2. The summed E-state index contributed by atoms with van der Waals surface area (Å²) in [5, 5.41) is 2.04. The number of imidazole rings is 1. The summed E-state index contributed by atoms with van der Waals surface area (Å²) in [6.45, 7) is -1.12. The monoisotopic (exact) mass is 270 g/mol. The van der Waals surface area contributed by atoms with E-state index in [0.29, 0.717) is 6.42 Å². The van der Waals surface area contributed by atoms with Crippen LogP contribution in [-0.4, -0.2) is 23.3 Å². The van der Waals surface area contributed by atoms with Crippen molar-refractivity contribution in [3.05, 3.63) is 28.8 Å². The smallest absolute Gasteiger partial charge is 0.0947 e. The van der Waals surface area contributed by atoms with Crippen LogP contribution < -0.4 is 0 Å². The van der Waals surface area contributed by atoms with Gasteiger partial charge in [-0.25, -0.2) is 4.98 Å². The van der Waals surface area contributed by atoms with E-state index in [2.05, 4.69) is 16.0 Å². The molecule has 0 spiro atoms. The van der Waals surface area contributed by atoms with Crippen LogP contribution >= 0.6 is 11.3 Å². The molecule has 0 aliphatic carbocycles. The number of nitrogens with one attached hydrogen (secondary N) is 1. The SMILES string of the molecule is FCC(CF)CCCc1sccc1-c1cnc[nH]1. The van der Waals surface area contributed by atoms with Gasteiger partial charge in [-0.15, -0.1) is 11.3 Å². The first-order valence-electron chi connectivity index (χ1n) is 6.02. The van der Waals surface area contributed by atoms with Gasteiger partial charge >= 0.3 is 0 Å². The lowest BCUT2D eigenvalue weighted by Gasteiger charge is -2.08. The second-order valence-corrected chi connectivity index (χ2v) is 5.29. The van der Waals surface area contributed by atoms with Crippen molar-refractivity contribution in [2.24, 2.45) is 5.92 Å². The van der Waals surface area contributed by atoms with E-state index in [0.717, 1.165) is 24.1 Å². The molecule has 0 bridgehead atoms. The van der Waals surface area contributed by atoms with E-state index >= 15 is 0 Å². The summed E-state index contributed by atoms with van der Waals surface area (Å²) in [7, 11) is 0. The summed E-state index contributed by atoms with van der Waals surface area (Å²) >= 11 is 1.68. The van der Waals surface area contributed by atoms with E-state index < -0.39 is 19.3 Å². The number of aromatic nitrogens is 2. The maximum Gasteiger partial charge on any atom is 0.0947 e. The molecule has 0 aromatic carbocycles. The Labute approximate surface area is 109 Å². The zero-order valence-corrected chi connectivity index (χ0v) is 10.9. The van der Waals surface area contributed by atoms with Crippen molar-refractivity contribution < 1.29 is 8.78 Å². The van der Waals surface area contributed by atoms with E-state index in [-0.39, 0.29) is 0 Å². The van der Waals surface area contributed by atoms with Gasteiger partial charge in [0.05, 0.1) is 31.6 Å². The standard InChI is InChI=1S/C13H16F2N2S/c14-6-10(7-15)2-1-3-13-11(4-5-18-13)12-8-16-9-17-12/h4-5,8-10H,1-3,6-7H2,(H,16,17). The zero-order chi connectivity index (χ0) is 12.8. The summed E-state index contributed by atoms with van der Waals surface area (Å²) in [4.78, 5) is 8.33. The predicted octanol–water partition coefficient (Wildman–Crippen LogP) is 4.02. The van der Waals surface area contributed by atoms with Gasteiger partial charge in [-0.3, -0.25) is 8.78 Å². The molecule has 98 valence electrons. The second kappa shape index (κ2) is 6.64. The lowest BCUT2D eigenvalue weighted by molar-refractivity contribution is 0.272. The summed E-state index contributed by atoms with van der Waals surface area (Å²) < 4.78 is 24.8. The van der Waals surface area contributed by atoms with Crippen molar-refractivity contribution in [2.75, 3.05) is 13.3 Å². The lowest BCUT2D eigenvalue weighted by atomic mass is 10.0. The van der Waals surface area contributed by atoms with Crippen molar-refractivity contribution in [1.82, 2.24) is 9.97 Å². The fourth-order valence-corrected chi connectivity index (χ4v) is 2.86. The molecule has 0 aliphatic heterocycles. The van der Waals surface area contributed by atoms with Crippen LogP contribution in [0.2, 0.25) is 0 Å². The number of hydrogen-bond acceptors (Lipinski definition) is 2. The van der Waals surface area contributed by atoms with Crippen LogP contribution in [0.3, 0.4) is 0 Å². The maximum atomic E-state index is 12.4. The van der Waals surface area contributed by atoms with Crippen LogP contribution in [0.1, 0.15) is 17.7 Å². The third-order valence-corrected chi connectivity index (χ3v) is 3.97. The van der Waals surface area contributed by atoms with Crippen molar-refractivity contribution in [3.8, 4) is 11.3 Å². The highest BCUT2D eigenvalue weighted by Crippen LogP contribution is 2.28. The molecule has 0 unspecified atom stereocenters. The van der Waals surface area contributed by atoms with Gasteiger partial charge in [0, 0.05) is 16.4 Å². The van der Waals surface area contributed by atoms with Crippen molar-refractivity contribution in [3.63, 3.8) is 0 Å². The number of alkyl halides is 2. The fourth-order valence-electron chi connectivity index (χ4n) is 1.92. The Balaban J connectivity index is 1.93. The Bertz CT molecular complexity index is 449. The van der Waals surface area contributed by atoms with E-state index in [4.69, 9.17) is 0 Å². The molecular formula is C13H16F2N2S. The topological polar surface area (TPSA) is 28.7 Å². The third-order valence-electron chi connectivity index (χ3n) is 2.99. The Hall–Kier alpha value is -1.23. The van der Waals surface area contributed by atoms with Gasteiger partial charge in [0.15, 0.2) is 0 Å². The molecule has 0 radical (unpaired) electrons. The molecule has 2 aromatic rings. The number of aryl methyl sites for hydroxylation is 1. The molecule has 0 atom stereocenters. The normalized spacial score (nSPS) is 11.3. The predicted molar refractivity (Wildman–Crippen MR) is 70.3 cm³/mol. The van der Waals surface area contributed by atoms with E-state index in [9.17, 15) is 8.78 Å². The minimum absolute atomic E-state index is 0.430. The number of aromatic amines is 1. The molecule has 18 heavy (non-hydrogen) atoms. The highest BCUT2D eigenvalue weighted by atomic mass is 32.1. The molecular weight excluding hydrogens is 254 g/mol. The number of H-pyrrole nitrogens is 1. The van der Waals surface area contributed by atoms with Crippen LogP contribution in [0.15, 0.2) is 24.0 Å². The Morgan fingerprint density at radius 2 is 2.17 bits per heavy atom. The van der Waals surface area contributed by atoms with Crippen LogP contribution in [0.5, 0.6) is 0 Å². The van der Waals surface area contributed by atoms with Gasteiger partial charge in [-0.05, 0) is 30.7 Å². The first-order valence-corrected chi connectivity index (χ1v) is 6.90. The Morgan fingerprint density at radius 3 is 2.83 bits per heavy atom. The Morgan fingerprint density at radius 1 is 1.33 bits per heavy atom. The van der Waals surface area contributed by atoms with Gasteiger partial charge in [-0.2, -0.15) is 0 Å². The summed E-state index contributed by atoms with van der Waals surface area (Å²) in [5.41, 5.74) is 2.15. The molecule has 0 saturated carbocycles. The highest BCUT2D eigenvalue weighted by molar-refractivity contribution is 7.10. The molecule has 2 rings (SSSR count). The number of nitrogens with zero attached hydrogens (tertiary/aromatic N) is 1. The minimum Gasteiger partial charge on any atom is -0.345 e. The number of hydrogen-bond donors (Lipinski definition) is 1. The second-order valence-electron chi connectivity index (χ2n) is 4.29. The van der Waals surface area contributed by atoms with Crippen LogP contribution in [0.25, 0.3) is 11.3 Å². The average Bonchev–Trinajstić information content (AvgIpc) is 3.04. The molecule has 2 aromatic heterocycles. The largest absolute Gasteiger partial charge is 0.345 e. The van der Waals surface area contributed by atoms with Crippen LogP contribution in [0, 0.1) is 5.92 Å². The highest BCUT2D eigenvalue weighted by Gasteiger charge is 2.11. The van der Waals surface area contributed by atoms with Crippen molar-refractivity contribution in [2.45, 2.75) is 19.3 Å². The van der Waals surface area contributed by atoms with E-state index in [1.54, 1.807) is 23.9 Å². The lowest BCUT2D eigenvalue weighted by Crippen LogP contribution is -2.05. The average molecular weight is 270 g/mol. The summed E-state index contributed by atoms with van der Waals surface area (Å²) in [5.74, 6) is -0.430. The molecule has 2 nitrogen and oxygen atoms in total. The molecule has 1 N–H and O–H groups in total. The first-order chi connectivity index (χ1) is 8.85. The van der Waals surface area contributed by atoms with Gasteiger partial charge < -0.3 is 4.98 Å². The summed E-state index contributed by atoms with van der Waals surface area (Å²) in [6, 6.07) is 2.05. The van der Waals surface area contributed by atoms with Crippen LogP contribution in [-0.2, 0) is 6.42 Å². The van der Waals surface area contributed by atoms with Crippen LogP contribution in [0.4, 0.5) is 8.78 Å². The third kappa shape index (κ3) is 3.16. The molecule has 0 amide bonds. The fraction of sp³-hybridized carbons (Fsp3) is 0.462.